The fourth-order valence-electron chi connectivity index (χ4n) is 2.44. The number of amides is 1. The van der Waals surface area contributed by atoms with Crippen molar-refractivity contribution in [1.29, 1.82) is 0 Å². The van der Waals surface area contributed by atoms with E-state index >= 15 is 0 Å². The fourth-order valence-corrected chi connectivity index (χ4v) is 2.44. The maximum absolute atomic E-state index is 12.8. The first-order valence-corrected chi connectivity index (χ1v) is 7.85. The van der Waals surface area contributed by atoms with E-state index in [2.05, 4.69) is 13.8 Å². The van der Waals surface area contributed by atoms with Crippen molar-refractivity contribution >= 4 is 17.6 Å². The minimum atomic E-state index is -1.06. The van der Waals surface area contributed by atoms with Crippen LogP contribution in [0.3, 0.4) is 0 Å². The number of benzene rings is 2. The standard InChI is InChI=1S/C19H22N2O3/c1-13(2)15-6-8-17(9-7-15)21(12-18(22)23)19(24)16-5-3-4-14(10-16)11-20/h3-10,13H,11-12,20H2,1-2H3,(H,22,23). The van der Waals surface area contributed by atoms with Gasteiger partial charge >= 0.3 is 5.97 Å². The number of carboxylic acid groups (broad SMARTS) is 1. The molecule has 126 valence electrons. The molecule has 0 unspecified atom stereocenters. The van der Waals surface area contributed by atoms with Crippen molar-refractivity contribution < 1.29 is 14.7 Å². The summed E-state index contributed by atoms with van der Waals surface area (Å²) in [4.78, 5) is 25.3. The number of anilines is 1. The van der Waals surface area contributed by atoms with E-state index in [4.69, 9.17) is 5.73 Å². The first-order valence-electron chi connectivity index (χ1n) is 7.85. The van der Waals surface area contributed by atoms with Crippen LogP contribution >= 0.6 is 0 Å². The molecule has 0 aliphatic rings. The predicted octanol–water partition coefficient (Wildman–Crippen LogP) is 3.00. The minimum Gasteiger partial charge on any atom is -0.480 e. The lowest BCUT2D eigenvalue weighted by Gasteiger charge is -2.22. The fraction of sp³-hybridized carbons (Fsp3) is 0.263. The lowest BCUT2D eigenvalue weighted by molar-refractivity contribution is -0.135. The van der Waals surface area contributed by atoms with Crippen LogP contribution in [0.15, 0.2) is 48.5 Å². The van der Waals surface area contributed by atoms with Gasteiger partial charge in [-0.1, -0.05) is 38.1 Å². The number of aliphatic carboxylic acids is 1. The smallest absolute Gasteiger partial charge is 0.323 e. The molecule has 5 heteroatoms. The van der Waals surface area contributed by atoms with Gasteiger partial charge in [0.2, 0.25) is 0 Å². The third kappa shape index (κ3) is 4.20. The SMILES string of the molecule is CC(C)c1ccc(N(CC(=O)O)C(=O)c2cccc(CN)c2)cc1. The van der Waals surface area contributed by atoms with Gasteiger partial charge in [0.25, 0.3) is 5.91 Å². The molecule has 2 aromatic rings. The van der Waals surface area contributed by atoms with E-state index < -0.39 is 12.5 Å². The van der Waals surface area contributed by atoms with E-state index in [0.717, 1.165) is 11.1 Å². The average Bonchev–Trinajstić information content (AvgIpc) is 2.59. The molecule has 0 aromatic heterocycles. The highest BCUT2D eigenvalue weighted by molar-refractivity contribution is 6.08. The molecule has 3 N–H and O–H groups in total. The zero-order chi connectivity index (χ0) is 17.7. The van der Waals surface area contributed by atoms with Gasteiger partial charge in [0.05, 0.1) is 0 Å². The Bertz CT molecular complexity index is 724. The Morgan fingerprint density at radius 3 is 2.33 bits per heavy atom. The summed E-state index contributed by atoms with van der Waals surface area (Å²) in [5, 5.41) is 9.17. The minimum absolute atomic E-state index is 0.323. The summed E-state index contributed by atoms with van der Waals surface area (Å²) in [5.41, 5.74) is 8.55. The summed E-state index contributed by atoms with van der Waals surface area (Å²) in [6, 6.07) is 14.3. The second-order valence-electron chi connectivity index (χ2n) is 5.94. The van der Waals surface area contributed by atoms with Crippen molar-refractivity contribution in [3.05, 3.63) is 65.2 Å². The second kappa shape index (κ2) is 7.75. The highest BCUT2D eigenvalue weighted by Gasteiger charge is 2.20. The van der Waals surface area contributed by atoms with Crippen molar-refractivity contribution in [2.24, 2.45) is 5.73 Å². The molecule has 5 nitrogen and oxygen atoms in total. The van der Waals surface area contributed by atoms with Gasteiger partial charge in [-0.3, -0.25) is 14.5 Å². The number of carbonyl (C=O) groups excluding carboxylic acids is 1. The van der Waals surface area contributed by atoms with Crippen molar-refractivity contribution in [2.75, 3.05) is 11.4 Å². The van der Waals surface area contributed by atoms with E-state index in [1.54, 1.807) is 30.3 Å². The highest BCUT2D eigenvalue weighted by atomic mass is 16.4. The van der Waals surface area contributed by atoms with Crippen LogP contribution in [0.25, 0.3) is 0 Å². The number of nitrogens with two attached hydrogens (primary N) is 1. The summed E-state index contributed by atoms with van der Waals surface area (Å²) in [6.45, 7) is 4.08. The summed E-state index contributed by atoms with van der Waals surface area (Å²) < 4.78 is 0. The largest absolute Gasteiger partial charge is 0.480 e. The number of nitrogens with zero attached hydrogens (tertiary/aromatic N) is 1. The van der Waals surface area contributed by atoms with Crippen LogP contribution in [-0.4, -0.2) is 23.5 Å². The topological polar surface area (TPSA) is 83.6 Å². The molecule has 2 aromatic carbocycles. The molecule has 0 bridgehead atoms. The Labute approximate surface area is 141 Å². The van der Waals surface area contributed by atoms with Crippen LogP contribution in [0.5, 0.6) is 0 Å². The number of hydrogen-bond donors (Lipinski definition) is 2. The number of rotatable bonds is 6. The van der Waals surface area contributed by atoms with E-state index in [9.17, 15) is 14.7 Å². The Morgan fingerprint density at radius 2 is 1.79 bits per heavy atom. The molecule has 0 aliphatic carbocycles. The molecule has 0 radical (unpaired) electrons. The van der Waals surface area contributed by atoms with Crippen molar-refractivity contribution in [1.82, 2.24) is 0 Å². The third-order valence-corrected chi connectivity index (χ3v) is 3.82. The van der Waals surface area contributed by atoms with Gasteiger partial charge in [-0.2, -0.15) is 0 Å². The molecule has 0 fully saturated rings. The number of carboxylic acids is 1. The van der Waals surface area contributed by atoms with Crippen LogP contribution in [-0.2, 0) is 11.3 Å². The average molecular weight is 326 g/mol. The molecular weight excluding hydrogens is 304 g/mol. The van der Waals surface area contributed by atoms with E-state index in [1.165, 1.54) is 4.90 Å². The first-order chi connectivity index (χ1) is 11.4. The number of carbonyl (C=O) groups is 2. The van der Waals surface area contributed by atoms with Gasteiger partial charge in [0.15, 0.2) is 0 Å². The molecule has 0 spiro atoms. The van der Waals surface area contributed by atoms with Crippen LogP contribution in [0.4, 0.5) is 5.69 Å². The third-order valence-electron chi connectivity index (χ3n) is 3.82. The van der Waals surface area contributed by atoms with Gasteiger partial charge in [-0.15, -0.1) is 0 Å². The van der Waals surface area contributed by atoms with E-state index in [-0.39, 0.29) is 5.91 Å². The molecule has 0 aliphatic heterocycles. The number of hydrogen-bond acceptors (Lipinski definition) is 3. The zero-order valence-corrected chi connectivity index (χ0v) is 13.9. The molecule has 2 rings (SSSR count). The van der Waals surface area contributed by atoms with Gasteiger partial charge in [-0.25, -0.2) is 0 Å². The Kier molecular flexibility index (Phi) is 5.71. The van der Waals surface area contributed by atoms with Crippen molar-refractivity contribution in [3.63, 3.8) is 0 Å². The summed E-state index contributed by atoms with van der Waals surface area (Å²) >= 11 is 0. The maximum atomic E-state index is 12.8. The van der Waals surface area contributed by atoms with Crippen molar-refractivity contribution in [3.8, 4) is 0 Å². The Balaban J connectivity index is 2.36. The highest BCUT2D eigenvalue weighted by Crippen LogP contribution is 2.22. The molecule has 24 heavy (non-hydrogen) atoms. The normalized spacial score (nSPS) is 10.7. The van der Waals surface area contributed by atoms with E-state index in [1.807, 2.05) is 18.2 Å². The van der Waals surface area contributed by atoms with Gasteiger partial charge in [-0.05, 0) is 41.3 Å². The van der Waals surface area contributed by atoms with Crippen LogP contribution in [0.2, 0.25) is 0 Å². The molecule has 1 amide bonds. The molecule has 0 heterocycles. The van der Waals surface area contributed by atoms with Crippen LogP contribution in [0.1, 0.15) is 41.3 Å². The lowest BCUT2D eigenvalue weighted by Crippen LogP contribution is -2.35. The van der Waals surface area contributed by atoms with E-state index in [0.29, 0.717) is 23.7 Å². The van der Waals surface area contributed by atoms with Crippen LogP contribution < -0.4 is 10.6 Å². The molecule has 0 saturated carbocycles. The van der Waals surface area contributed by atoms with Gasteiger partial charge < -0.3 is 10.8 Å². The predicted molar refractivity (Wildman–Crippen MR) is 94.2 cm³/mol. The molecule has 0 saturated heterocycles. The van der Waals surface area contributed by atoms with Crippen molar-refractivity contribution in [2.45, 2.75) is 26.3 Å². The Hall–Kier alpha value is -2.66. The quantitative estimate of drug-likeness (QED) is 0.855. The Morgan fingerprint density at radius 1 is 1.12 bits per heavy atom. The van der Waals surface area contributed by atoms with Gasteiger partial charge in [0, 0.05) is 17.8 Å². The summed E-state index contributed by atoms with van der Waals surface area (Å²) in [6.07, 6.45) is 0. The second-order valence-corrected chi connectivity index (χ2v) is 5.94. The molecular formula is C19H22N2O3. The first kappa shape index (κ1) is 17.7. The van der Waals surface area contributed by atoms with Gasteiger partial charge in [0.1, 0.15) is 6.54 Å². The molecule has 0 atom stereocenters. The van der Waals surface area contributed by atoms with Crippen LogP contribution in [0, 0.1) is 0 Å². The lowest BCUT2D eigenvalue weighted by atomic mass is 10.0. The zero-order valence-electron chi connectivity index (χ0n) is 13.9. The monoisotopic (exact) mass is 326 g/mol. The summed E-state index contributed by atoms with van der Waals surface area (Å²) in [5.74, 6) is -1.06. The summed E-state index contributed by atoms with van der Waals surface area (Å²) in [7, 11) is 0. The maximum Gasteiger partial charge on any atom is 0.323 e.